The van der Waals surface area contributed by atoms with E-state index in [2.05, 4.69) is 4.98 Å². The number of nitrogens with zero attached hydrogens (tertiary/aromatic N) is 2. The maximum Gasteiger partial charge on any atom is 0.128 e. The number of hydrogen-bond acceptors (Lipinski definition) is 4. The van der Waals surface area contributed by atoms with Crippen LogP contribution in [0.5, 0.6) is 0 Å². The smallest absolute Gasteiger partial charge is 0.128 e. The Morgan fingerprint density at radius 3 is 2.90 bits per heavy atom. The first-order valence-electron chi connectivity index (χ1n) is 6.73. The summed E-state index contributed by atoms with van der Waals surface area (Å²) >= 11 is 1.57. The lowest BCUT2D eigenvalue weighted by atomic mass is 10.0. The quantitative estimate of drug-likeness (QED) is 0.889. The fourth-order valence-corrected chi connectivity index (χ4v) is 2.71. The molecular weight excluding hydrogens is 273 g/mol. The Labute approximate surface area is 123 Å². The molecule has 2 rings (SSSR count). The largest absolute Gasteiger partial charge is 0.368 e. The van der Waals surface area contributed by atoms with Crippen molar-refractivity contribution in [3.8, 4) is 0 Å². The minimum absolute atomic E-state index is 0.0154. The van der Waals surface area contributed by atoms with Crippen molar-refractivity contribution in [2.24, 2.45) is 5.73 Å². The van der Waals surface area contributed by atoms with E-state index < -0.39 is 0 Å². The lowest BCUT2D eigenvalue weighted by Gasteiger charge is -2.23. The van der Waals surface area contributed by atoms with Crippen molar-refractivity contribution in [1.82, 2.24) is 4.98 Å². The molecule has 0 bridgehead atoms. The third-order valence-corrected chi connectivity index (χ3v) is 4.01. The van der Waals surface area contributed by atoms with Crippen LogP contribution in [0.3, 0.4) is 0 Å². The van der Waals surface area contributed by atoms with E-state index in [-0.39, 0.29) is 11.9 Å². The van der Waals surface area contributed by atoms with Crippen LogP contribution in [0.25, 0.3) is 0 Å². The van der Waals surface area contributed by atoms with Crippen LogP contribution >= 0.6 is 11.3 Å². The molecule has 20 heavy (non-hydrogen) atoms. The Balaban J connectivity index is 2.23. The summed E-state index contributed by atoms with van der Waals surface area (Å²) in [4.78, 5) is 6.29. The summed E-state index contributed by atoms with van der Waals surface area (Å²) < 4.78 is 14.1. The summed E-state index contributed by atoms with van der Waals surface area (Å²) in [5.41, 5.74) is 10.4. The molecule has 0 radical (unpaired) electrons. The van der Waals surface area contributed by atoms with Crippen LogP contribution in [0.2, 0.25) is 0 Å². The first-order valence-corrected chi connectivity index (χ1v) is 7.67. The van der Waals surface area contributed by atoms with E-state index in [0.29, 0.717) is 18.5 Å². The fourth-order valence-electron chi connectivity index (χ4n) is 2.16. The van der Waals surface area contributed by atoms with E-state index in [1.165, 1.54) is 6.07 Å². The molecule has 2 aromatic rings. The molecule has 1 atom stereocenters. The Bertz CT molecular complexity index is 542. The van der Waals surface area contributed by atoms with Gasteiger partial charge in [-0.05, 0) is 25.0 Å². The second-order valence-corrected chi connectivity index (χ2v) is 5.66. The van der Waals surface area contributed by atoms with Gasteiger partial charge in [-0.25, -0.2) is 9.37 Å². The Morgan fingerprint density at radius 2 is 2.25 bits per heavy atom. The van der Waals surface area contributed by atoms with Crippen molar-refractivity contribution in [3.63, 3.8) is 0 Å². The molecule has 1 unspecified atom stereocenters. The summed E-state index contributed by atoms with van der Waals surface area (Å²) in [5, 5.41) is 2.01. The number of thiazole rings is 1. The molecule has 2 N–H and O–H groups in total. The van der Waals surface area contributed by atoms with Gasteiger partial charge in [0.1, 0.15) is 5.82 Å². The fraction of sp³-hybridized carbons (Fsp3) is 0.400. The van der Waals surface area contributed by atoms with Gasteiger partial charge in [0.15, 0.2) is 0 Å². The topological polar surface area (TPSA) is 42.1 Å². The molecule has 0 aliphatic carbocycles. The summed E-state index contributed by atoms with van der Waals surface area (Å²) in [5.74, 6) is -0.184. The molecule has 0 saturated heterocycles. The van der Waals surface area contributed by atoms with Gasteiger partial charge >= 0.3 is 0 Å². The average Bonchev–Trinajstić information content (AvgIpc) is 2.93. The SMILES string of the molecule is CCC(N)Cc1c(F)cccc1N(C)Cc1cscn1. The van der Waals surface area contributed by atoms with Crippen molar-refractivity contribution in [2.75, 3.05) is 11.9 Å². The first kappa shape index (κ1) is 14.9. The van der Waals surface area contributed by atoms with Crippen LogP contribution in [-0.4, -0.2) is 18.1 Å². The molecule has 1 aromatic carbocycles. The Hall–Kier alpha value is -1.46. The molecule has 0 spiro atoms. The minimum atomic E-state index is -0.184. The third-order valence-electron chi connectivity index (χ3n) is 3.38. The maximum atomic E-state index is 14.1. The highest BCUT2D eigenvalue weighted by Crippen LogP contribution is 2.25. The maximum absolute atomic E-state index is 14.1. The minimum Gasteiger partial charge on any atom is -0.368 e. The number of benzene rings is 1. The molecule has 0 fully saturated rings. The lowest BCUT2D eigenvalue weighted by Crippen LogP contribution is -2.25. The monoisotopic (exact) mass is 293 g/mol. The zero-order valence-electron chi connectivity index (χ0n) is 11.8. The third kappa shape index (κ3) is 3.55. The van der Waals surface area contributed by atoms with Gasteiger partial charge < -0.3 is 10.6 Å². The van der Waals surface area contributed by atoms with Gasteiger partial charge in [-0.15, -0.1) is 11.3 Å². The second-order valence-electron chi connectivity index (χ2n) is 4.95. The molecule has 1 heterocycles. The van der Waals surface area contributed by atoms with Crippen LogP contribution in [-0.2, 0) is 13.0 Å². The highest BCUT2D eigenvalue weighted by atomic mass is 32.1. The van der Waals surface area contributed by atoms with Gasteiger partial charge in [0.25, 0.3) is 0 Å². The molecule has 0 aliphatic heterocycles. The summed E-state index contributed by atoms with van der Waals surface area (Å²) in [6.07, 6.45) is 1.39. The standard InChI is InChI=1S/C15H20FN3S/c1-3-11(17)7-13-14(16)5-4-6-15(13)19(2)8-12-9-20-10-18-12/h4-6,9-11H,3,7-8,17H2,1-2H3. The normalized spacial score (nSPS) is 12.4. The molecule has 5 heteroatoms. The highest BCUT2D eigenvalue weighted by molar-refractivity contribution is 7.07. The summed E-state index contributed by atoms with van der Waals surface area (Å²) in [6, 6.07) is 5.16. The van der Waals surface area contributed by atoms with Gasteiger partial charge in [0.2, 0.25) is 0 Å². The molecule has 1 aromatic heterocycles. The highest BCUT2D eigenvalue weighted by Gasteiger charge is 2.15. The van der Waals surface area contributed by atoms with Crippen LogP contribution in [0.15, 0.2) is 29.1 Å². The Morgan fingerprint density at radius 1 is 1.45 bits per heavy atom. The Kier molecular flexibility index (Phi) is 5.09. The van der Waals surface area contributed by atoms with Gasteiger partial charge in [-0.3, -0.25) is 0 Å². The van der Waals surface area contributed by atoms with Crippen molar-refractivity contribution >= 4 is 17.0 Å². The molecular formula is C15H20FN3S. The molecule has 0 saturated carbocycles. The van der Waals surface area contributed by atoms with Crippen molar-refractivity contribution < 1.29 is 4.39 Å². The van der Waals surface area contributed by atoms with Crippen LogP contribution in [0, 0.1) is 5.82 Å². The number of anilines is 1. The molecule has 0 amide bonds. The number of nitrogens with two attached hydrogens (primary N) is 1. The average molecular weight is 293 g/mol. The number of hydrogen-bond donors (Lipinski definition) is 1. The van der Waals surface area contributed by atoms with Crippen molar-refractivity contribution in [3.05, 3.63) is 46.2 Å². The predicted molar refractivity (Wildman–Crippen MR) is 82.6 cm³/mol. The summed E-state index contributed by atoms with van der Waals surface area (Å²) in [7, 11) is 1.95. The second kappa shape index (κ2) is 6.81. The van der Waals surface area contributed by atoms with Crippen molar-refractivity contribution in [1.29, 1.82) is 0 Å². The van der Waals surface area contributed by atoms with Crippen LogP contribution in [0.4, 0.5) is 10.1 Å². The van der Waals surface area contributed by atoms with E-state index >= 15 is 0 Å². The zero-order chi connectivity index (χ0) is 14.5. The lowest BCUT2D eigenvalue weighted by molar-refractivity contribution is 0.578. The number of rotatable bonds is 6. The van der Waals surface area contributed by atoms with E-state index in [9.17, 15) is 4.39 Å². The van der Waals surface area contributed by atoms with E-state index in [1.807, 2.05) is 35.8 Å². The van der Waals surface area contributed by atoms with Crippen molar-refractivity contribution in [2.45, 2.75) is 32.4 Å². The van der Waals surface area contributed by atoms with E-state index in [4.69, 9.17) is 5.73 Å². The van der Waals surface area contributed by atoms with Gasteiger partial charge in [-0.1, -0.05) is 13.0 Å². The van der Waals surface area contributed by atoms with Gasteiger partial charge in [0, 0.05) is 29.7 Å². The zero-order valence-corrected chi connectivity index (χ0v) is 12.7. The predicted octanol–water partition coefficient (Wildman–Crippen LogP) is 3.20. The first-order chi connectivity index (χ1) is 9.61. The molecule has 108 valence electrons. The van der Waals surface area contributed by atoms with Gasteiger partial charge in [0.05, 0.1) is 17.7 Å². The van der Waals surface area contributed by atoms with E-state index in [1.54, 1.807) is 17.4 Å². The molecule has 3 nitrogen and oxygen atoms in total. The van der Waals surface area contributed by atoms with Crippen LogP contribution < -0.4 is 10.6 Å². The van der Waals surface area contributed by atoms with Gasteiger partial charge in [-0.2, -0.15) is 0 Å². The summed E-state index contributed by atoms with van der Waals surface area (Å²) in [6.45, 7) is 2.69. The number of aromatic nitrogens is 1. The number of halogens is 1. The van der Waals surface area contributed by atoms with E-state index in [0.717, 1.165) is 17.8 Å². The molecule has 0 aliphatic rings. The van der Waals surface area contributed by atoms with Crippen LogP contribution in [0.1, 0.15) is 24.6 Å².